The molecule has 0 amide bonds. The van der Waals surface area contributed by atoms with E-state index in [1.165, 1.54) is 6.07 Å². The summed E-state index contributed by atoms with van der Waals surface area (Å²) in [6.45, 7) is 0.566. The SMILES string of the molecule is Fc1cccc(Br)c1NCc1cc(Cl)cs1. The maximum atomic E-state index is 13.4. The lowest BCUT2D eigenvalue weighted by atomic mass is 10.3. The summed E-state index contributed by atoms with van der Waals surface area (Å²) in [5.41, 5.74) is 0.479. The predicted molar refractivity (Wildman–Crippen MR) is 70.8 cm³/mol. The van der Waals surface area contributed by atoms with Gasteiger partial charge in [0.1, 0.15) is 5.82 Å². The number of nitrogens with one attached hydrogen (secondary N) is 1. The molecule has 0 radical (unpaired) electrons. The first-order valence-corrected chi connectivity index (χ1v) is 6.62. The zero-order valence-electron chi connectivity index (χ0n) is 8.14. The summed E-state index contributed by atoms with van der Waals surface area (Å²) in [4.78, 5) is 1.07. The van der Waals surface area contributed by atoms with Crippen LogP contribution in [0.3, 0.4) is 0 Å². The number of benzene rings is 1. The van der Waals surface area contributed by atoms with Gasteiger partial charge in [0.05, 0.1) is 10.7 Å². The molecular weight excluding hydrogens is 313 g/mol. The Balaban J connectivity index is 2.10. The molecule has 1 nitrogen and oxygen atoms in total. The number of para-hydroxylation sites is 1. The van der Waals surface area contributed by atoms with Gasteiger partial charge in [0.2, 0.25) is 0 Å². The Kier molecular flexibility index (Phi) is 3.84. The van der Waals surface area contributed by atoms with Gasteiger partial charge in [-0.2, -0.15) is 0 Å². The largest absolute Gasteiger partial charge is 0.377 e. The number of anilines is 1. The third-order valence-electron chi connectivity index (χ3n) is 2.02. The second kappa shape index (κ2) is 5.17. The van der Waals surface area contributed by atoms with Crippen LogP contribution in [-0.2, 0) is 6.54 Å². The molecule has 0 spiro atoms. The predicted octanol–water partition coefficient (Wildman–Crippen LogP) is 4.92. The third-order valence-corrected chi connectivity index (χ3v) is 3.97. The molecule has 0 saturated heterocycles. The molecule has 84 valence electrons. The molecule has 1 aromatic heterocycles. The van der Waals surface area contributed by atoms with Crippen LogP contribution in [0.4, 0.5) is 10.1 Å². The van der Waals surface area contributed by atoms with Crippen LogP contribution in [0.2, 0.25) is 5.02 Å². The Morgan fingerprint density at radius 3 is 2.88 bits per heavy atom. The third kappa shape index (κ3) is 2.75. The Hall–Kier alpha value is -0.580. The number of halogens is 3. The van der Waals surface area contributed by atoms with E-state index in [-0.39, 0.29) is 5.82 Å². The smallest absolute Gasteiger partial charge is 0.147 e. The van der Waals surface area contributed by atoms with Crippen molar-refractivity contribution in [3.8, 4) is 0 Å². The number of thiophene rings is 1. The van der Waals surface area contributed by atoms with E-state index in [1.807, 2.05) is 11.4 Å². The highest BCUT2D eigenvalue weighted by Crippen LogP contribution is 2.27. The van der Waals surface area contributed by atoms with Gasteiger partial charge in [0.25, 0.3) is 0 Å². The molecule has 1 N–H and O–H groups in total. The minimum Gasteiger partial charge on any atom is -0.377 e. The van der Waals surface area contributed by atoms with Crippen LogP contribution in [0, 0.1) is 5.82 Å². The first-order valence-electron chi connectivity index (χ1n) is 4.57. The molecule has 0 aliphatic rings. The lowest BCUT2D eigenvalue weighted by Crippen LogP contribution is -2.00. The first-order chi connectivity index (χ1) is 7.66. The zero-order chi connectivity index (χ0) is 11.5. The minimum absolute atomic E-state index is 0.267. The Labute approximate surface area is 110 Å². The van der Waals surface area contributed by atoms with Crippen molar-refractivity contribution < 1.29 is 4.39 Å². The molecule has 0 saturated carbocycles. The van der Waals surface area contributed by atoms with Gasteiger partial charge >= 0.3 is 0 Å². The lowest BCUT2D eigenvalue weighted by molar-refractivity contribution is 0.629. The van der Waals surface area contributed by atoms with E-state index in [0.29, 0.717) is 12.2 Å². The van der Waals surface area contributed by atoms with Crippen molar-refractivity contribution in [2.45, 2.75) is 6.54 Å². The molecule has 0 aliphatic carbocycles. The molecule has 1 heterocycles. The molecule has 1 aromatic carbocycles. The average molecular weight is 321 g/mol. The number of hydrogen-bond donors (Lipinski definition) is 1. The van der Waals surface area contributed by atoms with Gasteiger partial charge in [-0.25, -0.2) is 4.39 Å². The maximum absolute atomic E-state index is 13.4. The van der Waals surface area contributed by atoms with Crippen LogP contribution in [0.1, 0.15) is 4.88 Å². The van der Waals surface area contributed by atoms with E-state index in [4.69, 9.17) is 11.6 Å². The van der Waals surface area contributed by atoms with Crippen molar-refractivity contribution in [3.05, 3.63) is 49.8 Å². The summed E-state index contributed by atoms with van der Waals surface area (Å²) in [6.07, 6.45) is 0. The average Bonchev–Trinajstić information content (AvgIpc) is 2.63. The van der Waals surface area contributed by atoms with Crippen molar-refractivity contribution in [2.24, 2.45) is 0 Å². The normalized spacial score (nSPS) is 10.4. The quantitative estimate of drug-likeness (QED) is 0.847. The number of rotatable bonds is 3. The maximum Gasteiger partial charge on any atom is 0.147 e. The van der Waals surface area contributed by atoms with Gasteiger partial charge in [-0.15, -0.1) is 11.3 Å². The second-order valence-corrected chi connectivity index (χ2v) is 5.47. The fraction of sp³-hybridized carbons (Fsp3) is 0.0909. The fourth-order valence-electron chi connectivity index (χ4n) is 1.29. The molecule has 2 rings (SSSR count). The molecule has 0 unspecified atom stereocenters. The van der Waals surface area contributed by atoms with Gasteiger partial charge in [-0.1, -0.05) is 17.7 Å². The van der Waals surface area contributed by atoms with E-state index in [2.05, 4.69) is 21.2 Å². The zero-order valence-corrected chi connectivity index (χ0v) is 11.3. The molecule has 0 fully saturated rings. The molecule has 16 heavy (non-hydrogen) atoms. The fourth-order valence-corrected chi connectivity index (χ4v) is 2.78. The van der Waals surface area contributed by atoms with Crippen molar-refractivity contribution in [3.63, 3.8) is 0 Å². The van der Waals surface area contributed by atoms with Crippen LogP contribution < -0.4 is 5.32 Å². The molecular formula is C11H8BrClFNS. The standard InChI is InChI=1S/C11H8BrClFNS/c12-9-2-1-3-10(14)11(9)15-5-8-4-7(13)6-16-8/h1-4,6,15H,5H2. The van der Waals surface area contributed by atoms with Gasteiger partial charge in [-0.3, -0.25) is 0 Å². The summed E-state index contributed by atoms with van der Waals surface area (Å²) in [7, 11) is 0. The first kappa shape index (κ1) is 11.9. The summed E-state index contributed by atoms with van der Waals surface area (Å²) in [6, 6.07) is 6.75. The van der Waals surface area contributed by atoms with E-state index >= 15 is 0 Å². The summed E-state index contributed by atoms with van der Waals surface area (Å²) in [5, 5.41) is 5.61. The summed E-state index contributed by atoms with van der Waals surface area (Å²) in [5.74, 6) is -0.267. The highest BCUT2D eigenvalue weighted by Gasteiger charge is 2.06. The minimum atomic E-state index is -0.267. The highest BCUT2D eigenvalue weighted by atomic mass is 79.9. The molecule has 0 bridgehead atoms. The highest BCUT2D eigenvalue weighted by molar-refractivity contribution is 9.10. The Morgan fingerprint density at radius 1 is 1.44 bits per heavy atom. The van der Waals surface area contributed by atoms with Crippen molar-refractivity contribution in [1.29, 1.82) is 0 Å². The lowest BCUT2D eigenvalue weighted by Gasteiger charge is -2.08. The van der Waals surface area contributed by atoms with Crippen molar-refractivity contribution in [1.82, 2.24) is 0 Å². The molecule has 0 atom stereocenters. The van der Waals surface area contributed by atoms with E-state index in [0.717, 1.165) is 14.4 Å². The monoisotopic (exact) mass is 319 g/mol. The van der Waals surface area contributed by atoms with E-state index < -0.39 is 0 Å². The molecule has 2 aromatic rings. The summed E-state index contributed by atoms with van der Waals surface area (Å²) >= 11 is 10.7. The molecule has 0 aliphatic heterocycles. The van der Waals surface area contributed by atoms with Crippen LogP contribution in [0.5, 0.6) is 0 Å². The Morgan fingerprint density at radius 2 is 2.25 bits per heavy atom. The van der Waals surface area contributed by atoms with Crippen LogP contribution in [0.25, 0.3) is 0 Å². The van der Waals surface area contributed by atoms with E-state index in [1.54, 1.807) is 23.5 Å². The van der Waals surface area contributed by atoms with Crippen LogP contribution in [-0.4, -0.2) is 0 Å². The summed E-state index contributed by atoms with van der Waals surface area (Å²) < 4.78 is 14.2. The molecule has 5 heteroatoms. The Bertz CT molecular complexity index is 480. The van der Waals surface area contributed by atoms with Crippen LogP contribution >= 0.6 is 38.9 Å². The second-order valence-electron chi connectivity index (χ2n) is 3.18. The van der Waals surface area contributed by atoms with Gasteiger partial charge in [0, 0.05) is 21.3 Å². The van der Waals surface area contributed by atoms with Gasteiger partial charge in [-0.05, 0) is 34.1 Å². The van der Waals surface area contributed by atoms with Gasteiger partial charge < -0.3 is 5.32 Å². The van der Waals surface area contributed by atoms with Crippen molar-refractivity contribution >= 4 is 44.6 Å². The number of hydrogen-bond acceptors (Lipinski definition) is 2. The van der Waals surface area contributed by atoms with Gasteiger partial charge in [0.15, 0.2) is 0 Å². The van der Waals surface area contributed by atoms with Crippen LogP contribution in [0.15, 0.2) is 34.1 Å². The topological polar surface area (TPSA) is 12.0 Å². The van der Waals surface area contributed by atoms with E-state index in [9.17, 15) is 4.39 Å². The van der Waals surface area contributed by atoms with Crippen molar-refractivity contribution in [2.75, 3.05) is 5.32 Å².